The van der Waals surface area contributed by atoms with Crippen molar-refractivity contribution >= 4 is 16.1 Å². The summed E-state index contributed by atoms with van der Waals surface area (Å²) < 4.78 is 26.4. The molecular formula is C17H26N2O2S. The molecule has 0 spiro atoms. The normalized spacial score (nSPS) is 18.3. The summed E-state index contributed by atoms with van der Waals surface area (Å²) in [5.74, 6) is 0. The fourth-order valence-electron chi connectivity index (χ4n) is 2.86. The van der Waals surface area contributed by atoms with Crippen LogP contribution >= 0.6 is 0 Å². The third-order valence-corrected chi connectivity index (χ3v) is 5.83. The Bertz CT molecular complexity index is 576. The SMILES string of the molecule is CCCN1CCC(N(C)S(=O)(=O)C=Cc2ccccc2)CC1. The number of likely N-dealkylation sites (tertiary alicyclic amines) is 1. The minimum absolute atomic E-state index is 0.110. The van der Waals surface area contributed by atoms with E-state index in [1.165, 1.54) is 9.71 Å². The Balaban J connectivity index is 1.96. The molecule has 4 nitrogen and oxygen atoms in total. The van der Waals surface area contributed by atoms with Gasteiger partial charge in [-0.2, -0.15) is 4.31 Å². The summed E-state index contributed by atoms with van der Waals surface area (Å²) >= 11 is 0. The highest BCUT2D eigenvalue weighted by atomic mass is 32.2. The van der Waals surface area contributed by atoms with E-state index < -0.39 is 10.0 Å². The van der Waals surface area contributed by atoms with Gasteiger partial charge in [0, 0.05) is 18.5 Å². The van der Waals surface area contributed by atoms with Gasteiger partial charge in [0.05, 0.1) is 0 Å². The highest BCUT2D eigenvalue weighted by Crippen LogP contribution is 2.19. The molecule has 5 heteroatoms. The van der Waals surface area contributed by atoms with Crippen molar-refractivity contribution in [1.82, 2.24) is 9.21 Å². The summed E-state index contributed by atoms with van der Waals surface area (Å²) in [5, 5.41) is 1.32. The zero-order valence-electron chi connectivity index (χ0n) is 13.5. The van der Waals surface area contributed by atoms with Crippen LogP contribution in [-0.4, -0.2) is 50.3 Å². The van der Waals surface area contributed by atoms with Crippen molar-refractivity contribution in [1.29, 1.82) is 0 Å². The van der Waals surface area contributed by atoms with E-state index in [1.807, 2.05) is 30.3 Å². The molecule has 1 aromatic rings. The molecule has 1 heterocycles. The molecule has 0 bridgehead atoms. The van der Waals surface area contributed by atoms with Crippen LogP contribution in [0.15, 0.2) is 35.7 Å². The van der Waals surface area contributed by atoms with Crippen LogP contribution < -0.4 is 0 Å². The van der Waals surface area contributed by atoms with Crippen LogP contribution in [-0.2, 0) is 10.0 Å². The van der Waals surface area contributed by atoms with E-state index in [1.54, 1.807) is 13.1 Å². The first kappa shape index (κ1) is 17.2. The van der Waals surface area contributed by atoms with Gasteiger partial charge in [-0.3, -0.25) is 0 Å². The van der Waals surface area contributed by atoms with Crippen molar-refractivity contribution in [2.24, 2.45) is 0 Å². The van der Waals surface area contributed by atoms with Crippen LogP contribution in [0.3, 0.4) is 0 Å². The standard InChI is InChI=1S/C17H26N2O2S/c1-3-12-19-13-9-17(10-14-19)18(2)22(20,21)15-11-16-7-5-4-6-8-16/h4-8,11,15,17H,3,9-10,12-14H2,1-2H3. The molecule has 1 aliphatic rings. The second-order valence-electron chi connectivity index (χ2n) is 5.85. The predicted molar refractivity (Wildman–Crippen MR) is 91.9 cm³/mol. The summed E-state index contributed by atoms with van der Waals surface area (Å²) in [6.45, 7) is 5.26. The molecule has 122 valence electrons. The van der Waals surface area contributed by atoms with E-state index in [0.717, 1.165) is 44.5 Å². The Morgan fingerprint density at radius 3 is 2.45 bits per heavy atom. The van der Waals surface area contributed by atoms with Gasteiger partial charge in [0.15, 0.2) is 0 Å². The summed E-state index contributed by atoms with van der Waals surface area (Å²) in [5.41, 5.74) is 0.900. The van der Waals surface area contributed by atoms with E-state index >= 15 is 0 Å². The van der Waals surface area contributed by atoms with E-state index in [4.69, 9.17) is 0 Å². The number of hydrogen-bond acceptors (Lipinski definition) is 3. The number of piperidine rings is 1. The van der Waals surface area contributed by atoms with Crippen molar-refractivity contribution in [3.63, 3.8) is 0 Å². The molecule has 22 heavy (non-hydrogen) atoms. The molecule has 1 fully saturated rings. The minimum atomic E-state index is -3.35. The molecule has 0 aromatic heterocycles. The molecule has 1 aromatic carbocycles. The smallest absolute Gasteiger partial charge is 0.236 e. The van der Waals surface area contributed by atoms with Crippen molar-refractivity contribution in [3.05, 3.63) is 41.3 Å². The molecular weight excluding hydrogens is 296 g/mol. The van der Waals surface area contributed by atoms with E-state index in [-0.39, 0.29) is 6.04 Å². The Labute approximate surface area is 134 Å². The number of nitrogens with zero attached hydrogens (tertiary/aromatic N) is 2. The minimum Gasteiger partial charge on any atom is -0.303 e. The van der Waals surface area contributed by atoms with Crippen LogP contribution in [0.5, 0.6) is 0 Å². The first-order valence-corrected chi connectivity index (χ1v) is 9.47. The Morgan fingerprint density at radius 1 is 1.23 bits per heavy atom. The number of sulfonamides is 1. The monoisotopic (exact) mass is 322 g/mol. The molecule has 0 radical (unpaired) electrons. The highest BCUT2D eigenvalue weighted by Gasteiger charge is 2.27. The topological polar surface area (TPSA) is 40.6 Å². The third kappa shape index (κ3) is 4.66. The Hall–Kier alpha value is -1.17. The van der Waals surface area contributed by atoms with Gasteiger partial charge in [0.2, 0.25) is 10.0 Å². The maximum Gasteiger partial charge on any atom is 0.236 e. The Morgan fingerprint density at radius 2 is 1.86 bits per heavy atom. The summed E-state index contributed by atoms with van der Waals surface area (Å²) in [4.78, 5) is 2.41. The van der Waals surface area contributed by atoms with Crippen LogP contribution in [0.4, 0.5) is 0 Å². The van der Waals surface area contributed by atoms with Gasteiger partial charge in [-0.25, -0.2) is 8.42 Å². The largest absolute Gasteiger partial charge is 0.303 e. The summed E-state index contributed by atoms with van der Waals surface area (Å²) in [6, 6.07) is 9.63. The lowest BCUT2D eigenvalue weighted by Gasteiger charge is -2.35. The third-order valence-electron chi connectivity index (χ3n) is 4.24. The van der Waals surface area contributed by atoms with Crippen LogP contribution in [0, 0.1) is 0 Å². The molecule has 0 unspecified atom stereocenters. The van der Waals surface area contributed by atoms with E-state index in [0.29, 0.717) is 0 Å². The van der Waals surface area contributed by atoms with Crippen molar-refractivity contribution < 1.29 is 8.42 Å². The zero-order valence-corrected chi connectivity index (χ0v) is 14.3. The average Bonchev–Trinajstić information content (AvgIpc) is 2.54. The average molecular weight is 322 g/mol. The number of rotatable bonds is 6. The fourth-order valence-corrected chi connectivity index (χ4v) is 4.00. The number of hydrogen-bond donors (Lipinski definition) is 0. The quantitative estimate of drug-likeness (QED) is 0.808. The van der Waals surface area contributed by atoms with Crippen LogP contribution in [0.2, 0.25) is 0 Å². The first-order chi connectivity index (χ1) is 10.5. The second-order valence-corrected chi connectivity index (χ2v) is 7.73. The molecule has 1 saturated heterocycles. The van der Waals surface area contributed by atoms with Gasteiger partial charge in [0.25, 0.3) is 0 Å². The maximum atomic E-state index is 12.4. The highest BCUT2D eigenvalue weighted by molar-refractivity contribution is 7.92. The lowest BCUT2D eigenvalue weighted by Crippen LogP contribution is -2.45. The van der Waals surface area contributed by atoms with E-state index in [2.05, 4.69) is 11.8 Å². The molecule has 0 amide bonds. The van der Waals surface area contributed by atoms with Crippen molar-refractivity contribution in [2.45, 2.75) is 32.2 Å². The Kier molecular flexibility index (Phi) is 6.17. The van der Waals surface area contributed by atoms with Gasteiger partial charge in [0.1, 0.15) is 0 Å². The molecule has 0 N–H and O–H groups in total. The predicted octanol–water partition coefficient (Wildman–Crippen LogP) is 2.79. The van der Waals surface area contributed by atoms with E-state index in [9.17, 15) is 8.42 Å². The second kappa shape index (κ2) is 7.90. The fraction of sp³-hybridized carbons (Fsp3) is 0.529. The first-order valence-electron chi connectivity index (χ1n) is 7.96. The van der Waals surface area contributed by atoms with Crippen molar-refractivity contribution in [2.75, 3.05) is 26.7 Å². The van der Waals surface area contributed by atoms with Gasteiger partial charge in [-0.15, -0.1) is 0 Å². The van der Waals surface area contributed by atoms with Gasteiger partial charge in [-0.05, 0) is 50.5 Å². The molecule has 0 saturated carbocycles. The van der Waals surface area contributed by atoms with Crippen molar-refractivity contribution in [3.8, 4) is 0 Å². The molecule has 1 aliphatic heterocycles. The van der Waals surface area contributed by atoms with Gasteiger partial charge < -0.3 is 4.90 Å². The lowest BCUT2D eigenvalue weighted by atomic mass is 10.1. The molecule has 2 rings (SSSR count). The summed E-state index contributed by atoms with van der Waals surface area (Å²) in [6.07, 6.45) is 4.64. The molecule has 0 aliphatic carbocycles. The maximum absolute atomic E-state index is 12.4. The lowest BCUT2D eigenvalue weighted by molar-refractivity contribution is 0.171. The van der Waals surface area contributed by atoms with Gasteiger partial charge >= 0.3 is 0 Å². The van der Waals surface area contributed by atoms with Gasteiger partial charge in [-0.1, -0.05) is 37.3 Å². The zero-order chi connectivity index (χ0) is 16.0. The van der Waals surface area contributed by atoms with Crippen LogP contribution in [0.25, 0.3) is 6.08 Å². The number of benzene rings is 1. The van der Waals surface area contributed by atoms with Crippen LogP contribution in [0.1, 0.15) is 31.7 Å². The summed E-state index contributed by atoms with van der Waals surface area (Å²) in [7, 11) is -1.65. The molecule has 0 atom stereocenters.